The Morgan fingerprint density at radius 2 is 2.14 bits per heavy atom. The van der Waals surface area contributed by atoms with E-state index in [4.69, 9.17) is 0 Å². The molecule has 1 heterocycles. The van der Waals surface area contributed by atoms with Gasteiger partial charge in [0.05, 0.1) is 6.10 Å². The van der Waals surface area contributed by atoms with E-state index in [1.54, 1.807) is 0 Å². The lowest BCUT2D eigenvalue weighted by Crippen LogP contribution is -2.33. The van der Waals surface area contributed by atoms with Crippen LogP contribution in [0.4, 0.5) is 0 Å². The average Bonchev–Trinajstić information content (AvgIpc) is 2.70. The van der Waals surface area contributed by atoms with Crippen LogP contribution in [-0.4, -0.2) is 34.2 Å². The van der Waals surface area contributed by atoms with Crippen LogP contribution in [-0.2, 0) is 13.0 Å². The van der Waals surface area contributed by atoms with Gasteiger partial charge < -0.3 is 14.6 Å². The van der Waals surface area contributed by atoms with E-state index in [-0.39, 0.29) is 11.5 Å². The van der Waals surface area contributed by atoms with E-state index in [0.29, 0.717) is 6.04 Å². The topological polar surface area (TPSA) is 28.4 Å². The number of aliphatic hydroxyl groups excluding tert-OH is 1. The van der Waals surface area contributed by atoms with Gasteiger partial charge in [-0.3, -0.25) is 0 Å². The summed E-state index contributed by atoms with van der Waals surface area (Å²) in [4.78, 5) is 2.43. The van der Waals surface area contributed by atoms with Gasteiger partial charge in [-0.25, -0.2) is 0 Å². The maximum absolute atomic E-state index is 10.4. The van der Waals surface area contributed by atoms with Crippen molar-refractivity contribution in [1.29, 1.82) is 0 Å². The van der Waals surface area contributed by atoms with E-state index in [2.05, 4.69) is 57.2 Å². The summed E-state index contributed by atoms with van der Waals surface area (Å²) in [6.45, 7) is 13.3. The van der Waals surface area contributed by atoms with E-state index < -0.39 is 0 Å². The van der Waals surface area contributed by atoms with Crippen LogP contribution in [0.5, 0.6) is 0 Å². The molecule has 0 saturated carbocycles. The number of nitrogens with zero attached hydrogens (tertiary/aromatic N) is 2. The van der Waals surface area contributed by atoms with Gasteiger partial charge in [0.1, 0.15) is 0 Å². The highest BCUT2D eigenvalue weighted by Crippen LogP contribution is 2.41. The molecule has 1 aliphatic rings. The molecule has 2 atom stereocenters. The zero-order valence-electron chi connectivity index (χ0n) is 14.6. The summed E-state index contributed by atoms with van der Waals surface area (Å²) in [7, 11) is 2.21. The van der Waals surface area contributed by atoms with Crippen molar-refractivity contribution in [2.75, 3.05) is 13.6 Å². The second kappa shape index (κ2) is 6.13. The van der Waals surface area contributed by atoms with Crippen LogP contribution in [0.2, 0.25) is 0 Å². The lowest BCUT2D eigenvalue weighted by Gasteiger charge is -2.34. The number of hydrogen-bond acceptors (Lipinski definition) is 2. The van der Waals surface area contributed by atoms with Gasteiger partial charge in [-0.15, -0.1) is 0 Å². The lowest BCUT2D eigenvalue weighted by atomic mass is 9.75. The molecule has 2 unspecified atom stereocenters. The van der Waals surface area contributed by atoms with Gasteiger partial charge in [0, 0.05) is 36.1 Å². The number of fused-ring (bicyclic) bond motifs is 1. The van der Waals surface area contributed by atoms with Gasteiger partial charge in [-0.1, -0.05) is 20.8 Å². The summed E-state index contributed by atoms with van der Waals surface area (Å²) >= 11 is 0. The predicted octanol–water partition coefficient (Wildman–Crippen LogP) is 3.53. The number of rotatable bonds is 5. The molecule has 0 fully saturated rings. The second-order valence-electron chi connectivity index (χ2n) is 7.64. The van der Waals surface area contributed by atoms with Crippen molar-refractivity contribution < 1.29 is 5.11 Å². The molecule has 1 aliphatic carbocycles. The molecule has 0 bridgehead atoms. The summed E-state index contributed by atoms with van der Waals surface area (Å²) in [6.07, 6.45) is 2.83. The van der Waals surface area contributed by atoms with Gasteiger partial charge in [0.25, 0.3) is 0 Å². The van der Waals surface area contributed by atoms with E-state index >= 15 is 0 Å². The van der Waals surface area contributed by atoms with Gasteiger partial charge in [-0.05, 0) is 51.6 Å². The number of aromatic nitrogens is 1. The van der Waals surface area contributed by atoms with E-state index in [9.17, 15) is 5.11 Å². The minimum absolute atomic E-state index is 0.192. The average molecular weight is 292 g/mol. The lowest BCUT2D eigenvalue weighted by molar-refractivity contribution is 0.0976. The third kappa shape index (κ3) is 3.51. The van der Waals surface area contributed by atoms with Crippen molar-refractivity contribution in [1.82, 2.24) is 9.47 Å². The Labute approximate surface area is 130 Å². The number of aryl methyl sites for hydroxylation is 1. The molecule has 0 radical (unpaired) electrons. The number of likely N-dealkylation sites (N-methyl/N-ethyl adjacent to an activating group) is 1. The van der Waals surface area contributed by atoms with E-state index in [1.165, 1.54) is 17.8 Å². The zero-order valence-corrected chi connectivity index (χ0v) is 14.6. The Hall–Kier alpha value is -0.800. The Morgan fingerprint density at radius 1 is 1.48 bits per heavy atom. The number of aliphatic hydroxyl groups is 1. The van der Waals surface area contributed by atoms with E-state index in [1.807, 2.05) is 0 Å². The van der Waals surface area contributed by atoms with Crippen LogP contribution < -0.4 is 0 Å². The zero-order chi connectivity index (χ0) is 15.8. The van der Waals surface area contributed by atoms with Gasteiger partial charge in [0.15, 0.2) is 0 Å². The maximum Gasteiger partial charge on any atom is 0.0812 e. The molecule has 0 aliphatic heterocycles. The van der Waals surface area contributed by atoms with Crippen molar-refractivity contribution in [2.24, 2.45) is 5.41 Å². The molecule has 21 heavy (non-hydrogen) atoms. The molecule has 3 nitrogen and oxygen atoms in total. The monoisotopic (exact) mass is 292 g/mol. The van der Waals surface area contributed by atoms with Crippen molar-refractivity contribution in [3.8, 4) is 0 Å². The fraction of sp³-hybridized carbons (Fsp3) is 0.778. The molecule has 120 valence electrons. The highest BCUT2D eigenvalue weighted by atomic mass is 16.3. The predicted molar refractivity (Wildman–Crippen MR) is 88.6 cm³/mol. The van der Waals surface area contributed by atoms with Crippen molar-refractivity contribution in [3.05, 3.63) is 23.0 Å². The quantitative estimate of drug-likeness (QED) is 0.899. The van der Waals surface area contributed by atoms with E-state index in [0.717, 1.165) is 31.5 Å². The fourth-order valence-electron chi connectivity index (χ4n) is 3.50. The first-order valence-corrected chi connectivity index (χ1v) is 8.32. The molecule has 3 heteroatoms. The highest BCUT2D eigenvalue weighted by Gasteiger charge is 2.33. The first-order chi connectivity index (χ1) is 9.75. The SMILES string of the molecule is CCC(C)N(C)CCn1c(C)cc2c1CC(C)(C)CC2O. The van der Waals surface area contributed by atoms with Gasteiger partial charge in [0.2, 0.25) is 0 Å². The molecular formula is C18H32N2O. The normalized spacial score (nSPS) is 22.4. The second-order valence-corrected chi connectivity index (χ2v) is 7.64. The highest BCUT2D eigenvalue weighted by molar-refractivity contribution is 5.33. The van der Waals surface area contributed by atoms with Gasteiger partial charge in [-0.2, -0.15) is 0 Å². The molecule has 2 rings (SSSR count). The summed E-state index contributed by atoms with van der Waals surface area (Å²) in [5, 5.41) is 10.4. The maximum atomic E-state index is 10.4. The molecule has 0 spiro atoms. The Bertz CT molecular complexity index is 490. The minimum atomic E-state index is -0.295. The first-order valence-electron chi connectivity index (χ1n) is 8.32. The smallest absolute Gasteiger partial charge is 0.0812 e. The van der Waals surface area contributed by atoms with Crippen LogP contribution in [0, 0.1) is 12.3 Å². The number of hydrogen-bond donors (Lipinski definition) is 1. The van der Waals surface area contributed by atoms with Crippen LogP contribution >= 0.6 is 0 Å². The van der Waals surface area contributed by atoms with Crippen molar-refractivity contribution in [2.45, 2.75) is 72.6 Å². The van der Waals surface area contributed by atoms with Crippen molar-refractivity contribution >= 4 is 0 Å². The summed E-state index contributed by atoms with van der Waals surface area (Å²) in [6, 6.07) is 2.82. The van der Waals surface area contributed by atoms with Crippen LogP contribution in [0.1, 0.15) is 63.6 Å². The third-order valence-electron chi connectivity index (χ3n) is 5.22. The first kappa shape index (κ1) is 16.6. The van der Waals surface area contributed by atoms with Crippen LogP contribution in [0.25, 0.3) is 0 Å². The fourth-order valence-corrected chi connectivity index (χ4v) is 3.50. The van der Waals surface area contributed by atoms with Crippen LogP contribution in [0.3, 0.4) is 0 Å². The van der Waals surface area contributed by atoms with Gasteiger partial charge >= 0.3 is 0 Å². The van der Waals surface area contributed by atoms with Crippen molar-refractivity contribution in [3.63, 3.8) is 0 Å². The Kier molecular flexibility index (Phi) is 4.84. The van der Waals surface area contributed by atoms with Crippen LogP contribution in [0.15, 0.2) is 6.07 Å². The minimum Gasteiger partial charge on any atom is -0.388 e. The Balaban J connectivity index is 2.18. The third-order valence-corrected chi connectivity index (χ3v) is 5.22. The Morgan fingerprint density at radius 3 is 2.76 bits per heavy atom. The standard InChI is InChI=1S/C18H32N2O/c1-7-13(2)19(6)8-9-20-14(3)10-15-16(20)11-18(4,5)12-17(15)21/h10,13,17,21H,7-9,11-12H2,1-6H3. The largest absolute Gasteiger partial charge is 0.388 e. The molecule has 1 aromatic rings. The molecule has 0 aromatic carbocycles. The molecule has 0 amide bonds. The molecule has 1 aromatic heterocycles. The molecule has 0 saturated heterocycles. The summed E-state index contributed by atoms with van der Waals surface area (Å²) in [5.74, 6) is 0. The summed E-state index contributed by atoms with van der Waals surface area (Å²) < 4.78 is 2.43. The molecular weight excluding hydrogens is 260 g/mol. The molecule has 1 N–H and O–H groups in total. The summed E-state index contributed by atoms with van der Waals surface area (Å²) in [5.41, 5.74) is 4.00.